The van der Waals surface area contributed by atoms with E-state index in [-0.39, 0.29) is 31.1 Å². The van der Waals surface area contributed by atoms with Crippen LogP contribution in [0, 0.1) is 0 Å². The van der Waals surface area contributed by atoms with Gasteiger partial charge in [0.1, 0.15) is 13.2 Å². The van der Waals surface area contributed by atoms with Crippen molar-refractivity contribution >= 4 is 17.9 Å². The van der Waals surface area contributed by atoms with Gasteiger partial charge in [-0.1, -0.05) is 262 Å². The summed E-state index contributed by atoms with van der Waals surface area (Å²) in [5.74, 6) is -0.873. The largest absolute Gasteiger partial charge is 0.462 e. The van der Waals surface area contributed by atoms with Gasteiger partial charge >= 0.3 is 17.9 Å². The number of ether oxygens (including phenoxy) is 3. The summed E-state index contributed by atoms with van der Waals surface area (Å²) in [6, 6.07) is 0. The molecule has 0 bridgehead atoms. The van der Waals surface area contributed by atoms with Crippen molar-refractivity contribution in [1.29, 1.82) is 0 Å². The van der Waals surface area contributed by atoms with E-state index in [1.165, 1.54) is 186 Å². The van der Waals surface area contributed by atoms with Gasteiger partial charge in [-0.2, -0.15) is 0 Å². The maximum absolute atomic E-state index is 12.9. The second-order valence-corrected chi connectivity index (χ2v) is 19.9. The normalized spacial score (nSPS) is 12.3. The van der Waals surface area contributed by atoms with Crippen LogP contribution in [-0.4, -0.2) is 37.2 Å². The monoisotopic (exact) mass is 953 g/mol. The summed E-state index contributed by atoms with van der Waals surface area (Å²) in [6.07, 6.45) is 69.6. The van der Waals surface area contributed by atoms with E-state index in [4.69, 9.17) is 14.2 Å². The van der Waals surface area contributed by atoms with Crippen LogP contribution in [0.1, 0.15) is 310 Å². The molecule has 0 radical (unpaired) electrons. The van der Waals surface area contributed by atoms with E-state index in [0.717, 1.165) is 83.5 Å². The number of carbonyl (C=O) groups is 3. The molecule has 0 rings (SSSR count). The fourth-order valence-electron chi connectivity index (χ4n) is 8.63. The minimum Gasteiger partial charge on any atom is -0.462 e. The molecule has 68 heavy (non-hydrogen) atoms. The zero-order valence-corrected chi connectivity index (χ0v) is 45.4. The molecule has 0 aromatic heterocycles. The SMILES string of the molecule is CC/C=C\C/C=C\C/C=C\CCCCCCCCCC(=O)OC(COC(=O)CCCCCCCCC/C=C\CCCCCCCCC)COC(=O)CCCCCCCCCCCCCCCCC. The maximum Gasteiger partial charge on any atom is 0.306 e. The number of rotatable bonds is 54. The molecular weight excluding hydrogens is 841 g/mol. The van der Waals surface area contributed by atoms with Crippen molar-refractivity contribution in [2.45, 2.75) is 316 Å². The van der Waals surface area contributed by atoms with Crippen LogP contribution in [0.5, 0.6) is 0 Å². The van der Waals surface area contributed by atoms with E-state index in [0.29, 0.717) is 19.3 Å². The zero-order valence-electron chi connectivity index (χ0n) is 45.4. The molecule has 0 aliphatic heterocycles. The van der Waals surface area contributed by atoms with Crippen molar-refractivity contribution < 1.29 is 28.6 Å². The van der Waals surface area contributed by atoms with Crippen LogP contribution in [0.25, 0.3) is 0 Å². The molecule has 0 amide bonds. The Morgan fingerprint density at radius 3 is 0.912 bits per heavy atom. The van der Waals surface area contributed by atoms with Gasteiger partial charge < -0.3 is 14.2 Å². The molecule has 1 unspecified atom stereocenters. The van der Waals surface area contributed by atoms with Crippen molar-refractivity contribution in [3.8, 4) is 0 Å². The van der Waals surface area contributed by atoms with Crippen molar-refractivity contribution in [3.63, 3.8) is 0 Å². The highest BCUT2D eigenvalue weighted by molar-refractivity contribution is 5.71. The van der Waals surface area contributed by atoms with Crippen LogP contribution >= 0.6 is 0 Å². The number of allylic oxidation sites excluding steroid dienone is 8. The minimum atomic E-state index is -0.778. The topological polar surface area (TPSA) is 78.9 Å². The summed E-state index contributed by atoms with van der Waals surface area (Å²) in [5.41, 5.74) is 0. The second-order valence-electron chi connectivity index (χ2n) is 19.9. The molecule has 6 nitrogen and oxygen atoms in total. The number of unbranched alkanes of at least 4 members (excludes halogenated alkanes) is 35. The van der Waals surface area contributed by atoms with E-state index in [2.05, 4.69) is 69.4 Å². The Kier molecular flexibility index (Phi) is 54.8. The summed E-state index contributed by atoms with van der Waals surface area (Å²) in [5, 5.41) is 0. The van der Waals surface area contributed by atoms with Crippen molar-refractivity contribution in [2.24, 2.45) is 0 Å². The smallest absolute Gasteiger partial charge is 0.306 e. The zero-order chi connectivity index (χ0) is 49.3. The molecule has 0 heterocycles. The first-order chi connectivity index (χ1) is 33.5. The van der Waals surface area contributed by atoms with Gasteiger partial charge in [-0.05, 0) is 77.0 Å². The Morgan fingerprint density at radius 1 is 0.309 bits per heavy atom. The quantitative estimate of drug-likeness (QED) is 0.0262. The van der Waals surface area contributed by atoms with Crippen LogP contribution in [0.3, 0.4) is 0 Å². The predicted octanol–water partition coefficient (Wildman–Crippen LogP) is 19.8. The maximum atomic E-state index is 12.9. The summed E-state index contributed by atoms with van der Waals surface area (Å²) >= 11 is 0. The molecule has 0 saturated carbocycles. The Bertz CT molecular complexity index is 1190. The third kappa shape index (κ3) is 54.3. The molecule has 6 heteroatoms. The number of hydrogen-bond donors (Lipinski definition) is 0. The Labute approximate surface area is 422 Å². The average molecular weight is 954 g/mol. The number of carbonyl (C=O) groups excluding carboxylic acids is 3. The molecule has 1 atom stereocenters. The molecule has 396 valence electrons. The fourth-order valence-corrected chi connectivity index (χ4v) is 8.63. The van der Waals surface area contributed by atoms with Gasteiger partial charge in [-0.25, -0.2) is 0 Å². The number of esters is 3. The first-order valence-electron chi connectivity index (χ1n) is 29.6. The molecular formula is C62H112O6. The van der Waals surface area contributed by atoms with Crippen LogP contribution in [0.4, 0.5) is 0 Å². The highest BCUT2D eigenvalue weighted by atomic mass is 16.6. The Balaban J connectivity index is 4.36. The molecule has 0 fully saturated rings. The lowest BCUT2D eigenvalue weighted by atomic mass is 10.0. The lowest BCUT2D eigenvalue weighted by Crippen LogP contribution is -2.30. The molecule has 0 aromatic carbocycles. The first-order valence-corrected chi connectivity index (χ1v) is 29.6. The second kappa shape index (κ2) is 57.0. The predicted molar refractivity (Wildman–Crippen MR) is 293 cm³/mol. The van der Waals surface area contributed by atoms with Crippen LogP contribution < -0.4 is 0 Å². The number of hydrogen-bond acceptors (Lipinski definition) is 6. The Morgan fingerprint density at radius 2 is 0.574 bits per heavy atom. The van der Waals surface area contributed by atoms with Crippen LogP contribution in [0.2, 0.25) is 0 Å². The third-order valence-corrected chi connectivity index (χ3v) is 13.1. The van der Waals surface area contributed by atoms with Crippen molar-refractivity contribution in [2.75, 3.05) is 13.2 Å². The van der Waals surface area contributed by atoms with Crippen molar-refractivity contribution in [3.05, 3.63) is 48.6 Å². The van der Waals surface area contributed by atoms with Crippen LogP contribution in [0.15, 0.2) is 48.6 Å². The van der Waals surface area contributed by atoms with Crippen molar-refractivity contribution in [1.82, 2.24) is 0 Å². The Hall–Kier alpha value is -2.63. The highest BCUT2D eigenvalue weighted by Gasteiger charge is 2.19. The van der Waals surface area contributed by atoms with E-state index >= 15 is 0 Å². The summed E-state index contributed by atoms with van der Waals surface area (Å²) < 4.78 is 16.9. The van der Waals surface area contributed by atoms with Gasteiger partial charge in [0.2, 0.25) is 0 Å². The third-order valence-electron chi connectivity index (χ3n) is 13.1. The standard InChI is InChI=1S/C62H112O6/c1-4-7-10-13-16-19-22-25-28-30-32-34-37-40-43-46-49-52-55-61(64)67-58-59(57-66-60(63)54-51-48-45-42-39-36-33-27-24-21-18-15-12-9-6-3)68-62(65)56-53-50-47-44-41-38-35-31-29-26-23-20-17-14-11-8-5-2/h8,11,17,20,26,28-30,59H,4-7,9-10,12-16,18-19,21-25,27,31-58H2,1-3H3/b11-8-,20-17-,29-26-,30-28-. The van der Waals surface area contributed by atoms with Gasteiger partial charge in [0.15, 0.2) is 6.10 Å². The van der Waals surface area contributed by atoms with Gasteiger partial charge in [0.25, 0.3) is 0 Å². The molecule has 0 aliphatic rings. The highest BCUT2D eigenvalue weighted by Crippen LogP contribution is 2.16. The van der Waals surface area contributed by atoms with Gasteiger partial charge in [0, 0.05) is 19.3 Å². The van der Waals surface area contributed by atoms with E-state index in [1.54, 1.807) is 0 Å². The molecule has 0 aliphatic carbocycles. The average Bonchev–Trinajstić information content (AvgIpc) is 3.34. The first kappa shape index (κ1) is 65.4. The lowest BCUT2D eigenvalue weighted by molar-refractivity contribution is -0.167. The van der Waals surface area contributed by atoms with E-state index in [1.807, 2.05) is 0 Å². The summed E-state index contributed by atoms with van der Waals surface area (Å²) in [6.45, 7) is 6.56. The molecule has 0 aromatic rings. The van der Waals surface area contributed by atoms with Gasteiger partial charge in [-0.3, -0.25) is 14.4 Å². The van der Waals surface area contributed by atoms with E-state index < -0.39 is 6.10 Å². The molecule has 0 spiro atoms. The lowest BCUT2D eigenvalue weighted by Gasteiger charge is -2.18. The fraction of sp³-hybridized carbons (Fsp3) is 0.823. The minimum absolute atomic E-state index is 0.0753. The molecule has 0 saturated heterocycles. The van der Waals surface area contributed by atoms with Gasteiger partial charge in [0.05, 0.1) is 0 Å². The van der Waals surface area contributed by atoms with Gasteiger partial charge in [-0.15, -0.1) is 0 Å². The van der Waals surface area contributed by atoms with Crippen LogP contribution in [-0.2, 0) is 28.6 Å². The molecule has 0 N–H and O–H groups in total. The summed E-state index contributed by atoms with van der Waals surface area (Å²) in [7, 11) is 0. The summed E-state index contributed by atoms with van der Waals surface area (Å²) in [4.78, 5) is 38.2. The van der Waals surface area contributed by atoms with E-state index in [9.17, 15) is 14.4 Å².